The average Bonchev–Trinajstić information content (AvgIpc) is 2.47. The topological polar surface area (TPSA) is 86.6 Å². The third-order valence-corrected chi connectivity index (χ3v) is 3.28. The number of nitrogens with one attached hydrogen (secondary N) is 1. The number of hydrogen-bond acceptors (Lipinski definition) is 3. The number of carbonyl (C=O) groups is 2. The number of aromatic carboxylic acids is 1. The van der Waals surface area contributed by atoms with Crippen molar-refractivity contribution >= 4 is 17.6 Å². The van der Waals surface area contributed by atoms with Gasteiger partial charge in [0.1, 0.15) is 5.75 Å². The number of benzene rings is 2. The predicted octanol–water partition coefficient (Wildman–Crippen LogP) is 2.96. The van der Waals surface area contributed by atoms with Gasteiger partial charge in [-0.15, -0.1) is 0 Å². The molecule has 0 aliphatic rings. The molecule has 2 rings (SSSR count). The lowest BCUT2D eigenvalue weighted by atomic mass is 10.1. The van der Waals surface area contributed by atoms with Crippen LogP contribution < -0.4 is 5.32 Å². The minimum absolute atomic E-state index is 0.0658. The lowest BCUT2D eigenvalue weighted by molar-refractivity contribution is 0.0692. The molecule has 0 unspecified atom stereocenters. The Morgan fingerprint density at radius 1 is 1.00 bits per heavy atom. The molecule has 0 radical (unpaired) electrons. The van der Waals surface area contributed by atoms with Gasteiger partial charge in [-0.3, -0.25) is 4.79 Å². The number of carboxylic acids is 1. The Morgan fingerprint density at radius 2 is 1.62 bits per heavy atom. The van der Waals surface area contributed by atoms with Crippen LogP contribution in [-0.4, -0.2) is 22.1 Å². The summed E-state index contributed by atoms with van der Waals surface area (Å²) in [6, 6.07) is 9.33. The number of anilines is 1. The molecule has 0 bridgehead atoms. The summed E-state index contributed by atoms with van der Waals surface area (Å²) in [6.07, 6.45) is 0. The maximum absolute atomic E-state index is 12.2. The van der Waals surface area contributed by atoms with Crippen molar-refractivity contribution in [3.05, 3.63) is 58.7 Å². The van der Waals surface area contributed by atoms with E-state index in [1.165, 1.54) is 12.1 Å². The molecular formula is C16H15NO4. The highest BCUT2D eigenvalue weighted by Crippen LogP contribution is 2.28. The summed E-state index contributed by atoms with van der Waals surface area (Å²) in [5.41, 5.74) is 1.70. The SMILES string of the molecule is Cc1ccc(NC(=O)c2ccccc2C(=O)O)c(C)c1O. The molecule has 0 saturated carbocycles. The largest absolute Gasteiger partial charge is 0.507 e. The zero-order chi connectivity index (χ0) is 15.6. The van der Waals surface area contributed by atoms with Gasteiger partial charge in [0.05, 0.1) is 11.1 Å². The van der Waals surface area contributed by atoms with Gasteiger partial charge in [-0.1, -0.05) is 18.2 Å². The molecule has 0 heterocycles. The average molecular weight is 285 g/mol. The zero-order valence-corrected chi connectivity index (χ0v) is 11.7. The van der Waals surface area contributed by atoms with Crippen molar-refractivity contribution in [3.8, 4) is 5.75 Å². The van der Waals surface area contributed by atoms with Gasteiger partial charge in [-0.05, 0) is 37.6 Å². The summed E-state index contributed by atoms with van der Waals surface area (Å²) in [5.74, 6) is -1.58. The molecule has 5 heteroatoms. The smallest absolute Gasteiger partial charge is 0.336 e. The van der Waals surface area contributed by atoms with Crippen LogP contribution in [0.15, 0.2) is 36.4 Å². The molecule has 2 aromatic rings. The number of rotatable bonds is 3. The second-order valence-electron chi connectivity index (χ2n) is 4.71. The molecule has 0 spiro atoms. The van der Waals surface area contributed by atoms with E-state index < -0.39 is 11.9 Å². The minimum atomic E-state index is -1.16. The van der Waals surface area contributed by atoms with Crippen molar-refractivity contribution in [1.29, 1.82) is 0 Å². The first-order valence-corrected chi connectivity index (χ1v) is 6.34. The zero-order valence-electron chi connectivity index (χ0n) is 11.7. The fraction of sp³-hybridized carbons (Fsp3) is 0.125. The number of carboxylic acid groups (broad SMARTS) is 1. The third kappa shape index (κ3) is 2.86. The lowest BCUT2D eigenvalue weighted by Crippen LogP contribution is -2.17. The highest BCUT2D eigenvalue weighted by atomic mass is 16.4. The quantitative estimate of drug-likeness (QED) is 0.809. The van der Waals surface area contributed by atoms with Crippen LogP contribution in [0.2, 0.25) is 0 Å². The lowest BCUT2D eigenvalue weighted by Gasteiger charge is -2.12. The fourth-order valence-electron chi connectivity index (χ4n) is 2.03. The first-order valence-electron chi connectivity index (χ1n) is 6.34. The molecule has 3 N–H and O–H groups in total. The Morgan fingerprint density at radius 3 is 2.24 bits per heavy atom. The van der Waals surface area contributed by atoms with Crippen molar-refractivity contribution < 1.29 is 19.8 Å². The van der Waals surface area contributed by atoms with Crippen LogP contribution in [0, 0.1) is 13.8 Å². The van der Waals surface area contributed by atoms with Crippen LogP contribution in [0.5, 0.6) is 5.75 Å². The summed E-state index contributed by atoms with van der Waals surface area (Å²) in [5, 5.41) is 21.6. The third-order valence-electron chi connectivity index (χ3n) is 3.28. The number of hydrogen-bond donors (Lipinski definition) is 3. The van der Waals surface area contributed by atoms with E-state index in [4.69, 9.17) is 5.11 Å². The Labute approximate surface area is 121 Å². The van der Waals surface area contributed by atoms with Crippen LogP contribution in [0.1, 0.15) is 31.8 Å². The van der Waals surface area contributed by atoms with Crippen molar-refractivity contribution in [1.82, 2.24) is 0 Å². The number of aryl methyl sites for hydroxylation is 1. The molecule has 0 saturated heterocycles. The van der Waals surface area contributed by atoms with Gasteiger partial charge in [0.15, 0.2) is 0 Å². The highest BCUT2D eigenvalue weighted by molar-refractivity contribution is 6.11. The Bertz CT molecular complexity index is 722. The van der Waals surface area contributed by atoms with Crippen molar-refractivity contribution in [2.45, 2.75) is 13.8 Å². The van der Waals surface area contributed by atoms with E-state index in [2.05, 4.69) is 5.32 Å². The van der Waals surface area contributed by atoms with E-state index in [1.54, 1.807) is 38.1 Å². The molecule has 0 aromatic heterocycles. The molecule has 21 heavy (non-hydrogen) atoms. The Kier molecular flexibility index (Phi) is 3.93. The summed E-state index contributed by atoms with van der Waals surface area (Å²) < 4.78 is 0. The highest BCUT2D eigenvalue weighted by Gasteiger charge is 2.17. The second-order valence-corrected chi connectivity index (χ2v) is 4.71. The maximum Gasteiger partial charge on any atom is 0.336 e. The molecule has 5 nitrogen and oxygen atoms in total. The van der Waals surface area contributed by atoms with E-state index in [1.807, 2.05) is 0 Å². The normalized spacial score (nSPS) is 10.2. The molecule has 0 aliphatic carbocycles. The molecule has 1 amide bonds. The molecule has 0 atom stereocenters. The number of phenolic OH excluding ortho intramolecular Hbond substituents is 1. The van der Waals surface area contributed by atoms with Gasteiger partial charge in [0.2, 0.25) is 0 Å². The van der Waals surface area contributed by atoms with Crippen molar-refractivity contribution in [2.24, 2.45) is 0 Å². The van der Waals surface area contributed by atoms with Crippen LogP contribution in [0.25, 0.3) is 0 Å². The Hall–Kier alpha value is -2.82. The van der Waals surface area contributed by atoms with E-state index >= 15 is 0 Å². The van der Waals surface area contributed by atoms with E-state index in [9.17, 15) is 14.7 Å². The summed E-state index contributed by atoms with van der Waals surface area (Å²) in [4.78, 5) is 23.4. The summed E-state index contributed by atoms with van der Waals surface area (Å²) >= 11 is 0. The first-order chi connectivity index (χ1) is 9.91. The van der Waals surface area contributed by atoms with Gasteiger partial charge in [-0.25, -0.2) is 4.79 Å². The predicted molar refractivity (Wildman–Crippen MR) is 78.9 cm³/mol. The van der Waals surface area contributed by atoms with Crippen LogP contribution in [0.4, 0.5) is 5.69 Å². The monoisotopic (exact) mass is 285 g/mol. The number of carbonyl (C=O) groups excluding carboxylic acids is 1. The van der Waals surface area contributed by atoms with Crippen LogP contribution >= 0.6 is 0 Å². The molecule has 0 fully saturated rings. The Balaban J connectivity index is 2.35. The summed E-state index contributed by atoms with van der Waals surface area (Å²) in [6.45, 7) is 3.44. The standard InChI is InChI=1S/C16H15NO4/c1-9-7-8-13(10(2)14(9)18)17-15(19)11-5-3-4-6-12(11)16(20)21/h3-8,18H,1-2H3,(H,17,19)(H,20,21). The van der Waals surface area contributed by atoms with E-state index in [0.717, 1.165) is 0 Å². The molecular weight excluding hydrogens is 270 g/mol. The molecule has 0 aliphatic heterocycles. The van der Waals surface area contributed by atoms with Crippen LogP contribution in [-0.2, 0) is 0 Å². The van der Waals surface area contributed by atoms with Crippen molar-refractivity contribution in [3.63, 3.8) is 0 Å². The van der Waals surface area contributed by atoms with E-state index in [-0.39, 0.29) is 16.9 Å². The van der Waals surface area contributed by atoms with Gasteiger partial charge >= 0.3 is 5.97 Å². The number of phenols is 1. The summed E-state index contributed by atoms with van der Waals surface area (Å²) in [7, 11) is 0. The minimum Gasteiger partial charge on any atom is -0.507 e. The number of amides is 1. The van der Waals surface area contributed by atoms with Gasteiger partial charge in [0, 0.05) is 11.3 Å². The molecule has 108 valence electrons. The van der Waals surface area contributed by atoms with Gasteiger partial charge in [-0.2, -0.15) is 0 Å². The van der Waals surface area contributed by atoms with E-state index in [0.29, 0.717) is 16.8 Å². The second kappa shape index (κ2) is 5.66. The fourth-order valence-corrected chi connectivity index (χ4v) is 2.03. The number of aromatic hydroxyl groups is 1. The van der Waals surface area contributed by atoms with Crippen LogP contribution in [0.3, 0.4) is 0 Å². The van der Waals surface area contributed by atoms with Gasteiger partial charge < -0.3 is 15.5 Å². The molecule has 2 aromatic carbocycles. The van der Waals surface area contributed by atoms with Gasteiger partial charge in [0.25, 0.3) is 5.91 Å². The first kappa shape index (κ1) is 14.6. The maximum atomic E-state index is 12.2. The van der Waals surface area contributed by atoms with Crippen molar-refractivity contribution in [2.75, 3.05) is 5.32 Å².